The molecule has 0 radical (unpaired) electrons. The third kappa shape index (κ3) is 4.99. The average Bonchev–Trinajstić information content (AvgIpc) is 3.32. The van der Waals surface area contributed by atoms with E-state index in [1.165, 1.54) is 17.0 Å². The SMILES string of the molecule is Cc1ccc2ncc(=O)n(CC3OCCO3)c2n1.Cc1ccc2ncc(=O)n(CC=O)c2n1. The molecule has 1 aliphatic heterocycles. The van der Waals surface area contributed by atoms with Gasteiger partial charge in [-0.25, -0.2) is 19.9 Å². The number of nitrogens with zero attached hydrogens (tertiary/aromatic N) is 6. The van der Waals surface area contributed by atoms with Gasteiger partial charge < -0.3 is 14.3 Å². The molecule has 0 N–H and O–H groups in total. The van der Waals surface area contributed by atoms with Gasteiger partial charge in [0.2, 0.25) is 0 Å². The molecule has 4 aromatic rings. The van der Waals surface area contributed by atoms with Gasteiger partial charge >= 0.3 is 0 Å². The van der Waals surface area contributed by atoms with Crippen LogP contribution in [0.5, 0.6) is 0 Å². The number of fused-ring (bicyclic) bond motifs is 2. The van der Waals surface area contributed by atoms with Crippen LogP contribution >= 0.6 is 0 Å². The van der Waals surface area contributed by atoms with Crippen LogP contribution in [0.2, 0.25) is 0 Å². The summed E-state index contributed by atoms with van der Waals surface area (Å²) in [5, 5.41) is 0. The van der Waals surface area contributed by atoms with Crippen LogP contribution < -0.4 is 11.1 Å². The summed E-state index contributed by atoms with van der Waals surface area (Å²) in [6.45, 7) is 5.18. The van der Waals surface area contributed by atoms with Gasteiger partial charge in [0.15, 0.2) is 17.6 Å². The molecule has 0 amide bonds. The van der Waals surface area contributed by atoms with Crippen LogP contribution in [-0.2, 0) is 27.4 Å². The van der Waals surface area contributed by atoms with Gasteiger partial charge in [-0.2, -0.15) is 0 Å². The van der Waals surface area contributed by atoms with Crippen molar-refractivity contribution in [3.8, 4) is 0 Å². The minimum absolute atomic E-state index is 0.00824. The minimum Gasteiger partial charge on any atom is -0.348 e. The van der Waals surface area contributed by atoms with Crippen molar-refractivity contribution >= 4 is 28.6 Å². The molecule has 0 bridgehead atoms. The molecular weight excluding hydrogens is 428 g/mol. The van der Waals surface area contributed by atoms with Crippen LogP contribution in [0.25, 0.3) is 22.3 Å². The van der Waals surface area contributed by atoms with Gasteiger partial charge in [0.25, 0.3) is 11.1 Å². The van der Waals surface area contributed by atoms with E-state index >= 15 is 0 Å². The van der Waals surface area contributed by atoms with Crippen molar-refractivity contribution in [1.29, 1.82) is 0 Å². The van der Waals surface area contributed by atoms with Crippen molar-refractivity contribution in [2.45, 2.75) is 33.2 Å². The number of rotatable bonds is 4. The first-order valence-corrected chi connectivity index (χ1v) is 10.3. The summed E-state index contributed by atoms with van der Waals surface area (Å²) in [4.78, 5) is 50.4. The standard InChI is InChI=1S/C12H13N3O3.C10H9N3O2/c1-8-2-3-9-12(14-8)15(10(16)6-13-9)7-11-17-4-5-18-11;1-7-2-3-8-10(12-7)13(4-5-14)9(15)6-11-8/h2-3,6,11H,4-5,7H2,1H3;2-3,5-6H,4H2,1H3. The van der Waals surface area contributed by atoms with E-state index in [0.717, 1.165) is 11.4 Å². The lowest BCUT2D eigenvalue weighted by molar-refractivity contribution is -0.108. The maximum Gasteiger partial charge on any atom is 0.271 e. The van der Waals surface area contributed by atoms with E-state index < -0.39 is 0 Å². The van der Waals surface area contributed by atoms with Crippen molar-refractivity contribution in [3.63, 3.8) is 0 Å². The second kappa shape index (κ2) is 9.76. The Labute approximate surface area is 187 Å². The van der Waals surface area contributed by atoms with E-state index in [2.05, 4.69) is 19.9 Å². The maximum absolute atomic E-state index is 11.9. The van der Waals surface area contributed by atoms with Crippen molar-refractivity contribution < 1.29 is 14.3 Å². The van der Waals surface area contributed by atoms with E-state index in [-0.39, 0.29) is 24.0 Å². The van der Waals surface area contributed by atoms with Crippen LogP contribution in [0.3, 0.4) is 0 Å². The van der Waals surface area contributed by atoms with Gasteiger partial charge in [-0.1, -0.05) is 0 Å². The zero-order chi connectivity index (χ0) is 23.4. The Kier molecular flexibility index (Phi) is 6.61. The highest BCUT2D eigenvalue weighted by atomic mass is 16.7. The summed E-state index contributed by atoms with van der Waals surface area (Å²) >= 11 is 0. The first-order chi connectivity index (χ1) is 16.0. The van der Waals surface area contributed by atoms with Crippen LogP contribution in [0.1, 0.15) is 11.4 Å². The van der Waals surface area contributed by atoms with Gasteiger partial charge in [0.1, 0.15) is 17.3 Å². The number of aryl methyl sites for hydroxylation is 2. The van der Waals surface area contributed by atoms with E-state index in [1.54, 1.807) is 10.6 Å². The second-order valence-corrected chi connectivity index (χ2v) is 7.34. The number of aldehydes is 1. The molecule has 0 atom stereocenters. The summed E-state index contributed by atoms with van der Waals surface area (Å²) < 4.78 is 13.6. The van der Waals surface area contributed by atoms with Crippen molar-refractivity contribution in [2.24, 2.45) is 0 Å². The highest BCUT2D eigenvalue weighted by molar-refractivity contribution is 5.71. The van der Waals surface area contributed by atoms with Gasteiger partial charge in [-0.3, -0.25) is 18.7 Å². The molecule has 1 saturated heterocycles. The molecule has 0 aromatic carbocycles. The summed E-state index contributed by atoms with van der Waals surface area (Å²) in [5.74, 6) is 0. The predicted octanol–water partition coefficient (Wildman–Crippen LogP) is 0.772. The Morgan fingerprint density at radius 1 is 0.879 bits per heavy atom. The van der Waals surface area contributed by atoms with Gasteiger partial charge in [0, 0.05) is 11.4 Å². The van der Waals surface area contributed by atoms with Gasteiger partial charge in [0.05, 0.1) is 38.7 Å². The third-order valence-electron chi connectivity index (χ3n) is 4.94. The van der Waals surface area contributed by atoms with Crippen LogP contribution in [0, 0.1) is 13.8 Å². The lowest BCUT2D eigenvalue weighted by Gasteiger charge is -2.13. The van der Waals surface area contributed by atoms with Crippen LogP contribution in [0.4, 0.5) is 0 Å². The van der Waals surface area contributed by atoms with E-state index in [4.69, 9.17) is 9.47 Å². The fraction of sp³-hybridized carbons (Fsp3) is 0.318. The normalized spacial score (nSPS) is 13.8. The highest BCUT2D eigenvalue weighted by Gasteiger charge is 2.18. The molecule has 5 heterocycles. The molecule has 0 unspecified atom stereocenters. The minimum atomic E-state index is -0.379. The predicted molar refractivity (Wildman–Crippen MR) is 119 cm³/mol. The number of hydrogen-bond donors (Lipinski definition) is 0. The maximum atomic E-state index is 11.9. The number of ether oxygens (including phenoxy) is 2. The summed E-state index contributed by atoms with van der Waals surface area (Å²) in [7, 11) is 0. The van der Waals surface area contributed by atoms with Crippen molar-refractivity contribution in [1.82, 2.24) is 29.1 Å². The Hall–Kier alpha value is -3.83. The molecular formula is C22H22N6O5. The van der Waals surface area contributed by atoms with E-state index in [1.807, 2.05) is 32.0 Å². The zero-order valence-corrected chi connectivity index (χ0v) is 18.2. The second-order valence-electron chi connectivity index (χ2n) is 7.34. The summed E-state index contributed by atoms with van der Waals surface area (Å²) in [6, 6.07) is 7.31. The third-order valence-corrected chi connectivity index (χ3v) is 4.94. The molecule has 5 rings (SSSR count). The molecule has 0 aliphatic carbocycles. The molecule has 11 nitrogen and oxygen atoms in total. The Morgan fingerprint density at radius 3 is 1.94 bits per heavy atom. The molecule has 33 heavy (non-hydrogen) atoms. The topological polar surface area (TPSA) is 131 Å². The zero-order valence-electron chi connectivity index (χ0n) is 18.2. The average molecular weight is 450 g/mol. The smallest absolute Gasteiger partial charge is 0.271 e. The quantitative estimate of drug-likeness (QED) is 0.414. The van der Waals surface area contributed by atoms with Gasteiger partial charge in [-0.15, -0.1) is 0 Å². The van der Waals surface area contributed by atoms with Crippen LogP contribution in [-0.4, -0.2) is 54.9 Å². The molecule has 0 saturated carbocycles. The monoisotopic (exact) mass is 450 g/mol. The lowest BCUT2D eigenvalue weighted by atomic mass is 10.3. The number of carbonyl (C=O) groups is 1. The van der Waals surface area contributed by atoms with E-state index in [0.29, 0.717) is 48.4 Å². The van der Waals surface area contributed by atoms with Crippen molar-refractivity contribution in [3.05, 3.63) is 68.8 Å². The highest BCUT2D eigenvalue weighted by Crippen LogP contribution is 2.11. The number of pyridine rings is 2. The first kappa shape index (κ1) is 22.4. The van der Waals surface area contributed by atoms with Gasteiger partial charge in [-0.05, 0) is 38.1 Å². The number of hydrogen-bond acceptors (Lipinski definition) is 9. The summed E-state index contributed by atoms with van der Waals surface area (Å²) in [6.07, 6.45) is 2.79. The first-order valence-electron chi connectivity index (χ1n) is 10.3. The summed E-state index contributed by atoms with van der Waals surface area (Å²) in [5.41, 5.74) is 3.45. The Balaban J connectivity index is 0.000000160. The number of carbonyl (C=O) groups excluding carboxylic acids is 1. The molecule has 1 aliphatic rings. The van der Waals surface area contributed by atoms with E-state index in [9.17, 15) is 14.4 Å². The molecule has 11 heteroatoms. The molecule has 170 valence electrons. The molecule has 4 aromatic heterocycles. The molecule has 0 spiro atoms. The fourth-order valence-corrected chi connectivity index (χ4v) is 3.36. The largest absolute Gasteiger partial charge is 0.348 e. The Bertz CT molecular complexity index is 1420. The number of aromatic nitrogens is 6. The Morgan fingerprint density at radius 2 is 1.39 bits per heavy atom. The van der Waals surface area contributed by atoms with Crippen molar-refractivity contribution in [2.75, 3.05) is 13.2 Å². The fourth-order valence-electron chi connectivity index (χ4n) is 3.36. The lowest BCUT2D eigenvalue weighted by Crippen LogP contribution is -2.28. The van der Waals surface area contributed by atoms with Crippen LogP contribution in [0.15, 0.2) is 46.2 Å². The molecule has 1 fully saturated rings.